The Labute approximate surface area is 227 Å². The van der Waals surface area contributed by atoms with Gasteiger partial charge in [0.15, 0.2) is 0 Å². The van der Waals surface area contributed by atoms with Crippen LogP contribution in [0, 0.1) is 15.5 Å². The number of hydrogen-bond acceptors (Lipinski definition) is 9. The molecule has 2 atom stereocenters. The average molecular weight is 557 g/mol. The predicted molar refractivity (Wildman–Crippen MR) is 145 cm³/mol. The molecule has 1 saturated heterocycles. The Hall–Kier alpha value is -3.30. The van der Waals surface area contributed by atoms with Crippen molar-refractivity contribution in [2.24, 2.45) is 5.41 Å². The number of carbonyl (C=O) groups is 1. The van der Waals surface area contributed by atoms with Gasteiger partial charge in [-0.1, -0.05) is 56.3 Å². The van der Waals surface area contributed by atoms with Crippen LogP contribution in [-0.4, -0.2) is 37.8 Å². The molecule has 0 amide bonds. The van der Waals surface area contributed by atoms with Crippen LogP contribution in [0.1, 0.15) is 50.8 Å². The van der Waals surface area contributed by atoms with E-state index in [4.69, 9.17) is 18.5 Å². The zero-order valence-electron chi connectivity index (χ0n) is 22.6. The molecule has 10 nitrogen and oxygen atoms in total. The number of nitrogens with zero attached hydrogens (tertiary/aromatic N) is 1. The molecule has 2 heterocycles. The Bertz CT molecular complexity index is 1350. The quantitative estimate of drug-likeness (QED) is 0.181. The highest BCUT2D eigenvalue weighted by atomic mass is 31.2. The van der Waals surface area contributed by atoms with Crippen LogP contribution in [0.3, 0.4) is 0 Å². The molecule has 11 heteroatoms. The number of benzene rings is 2. The molecule has 2 aliphatic rings. The van der Waals surface area contributed by atoms with Crippen LogP contribution in [0.2, 0.25) is 0 Å². The summed E-state index contributed by atoms with van der Waals surface area (Å²) in [6.45, 7) is 7.56. The first-order valence-electron chi connectivity index (χ1n) is 12.5. The van der Waals surface area contributed by atoms with Crippen LogP contribution in [0.25, 0.3) is 0 Å². The van der Waals surface area contributed by atoms with E-state index in [-0.39, 0.29) is 41.8 Å². The van der Waals surface area contributed by atoms with E-state index in [2.05, 4.69) is 5.32 Å². The monoisotopic (exact) mass is 556 g/mol. The standard InChI is InChI=1S/C28H33N2O8P/c1-18-24(27(31)36-15-23(35-5)20-10-7-6-8-11-20)25(21-12-9-13-22(14-21)30(32)33)26(19(2)29-18)39(34)37-16-28(3,4)17-38-39/h6-14,23,25,29H,15-17H2,1-5H3/t23-,25-/m1/s1. The Kier molecular flexibility index (Phi) is 8.42. The number of rotatable bonds is 8. The van der Waals surface area contributed by atoms with Crippen LogP contribution in [0.4, 0.5) is 5.69 Å². The number of esters is 1. The number of carbonyl (C=O) groups excluding carboxylic acids is 1. The lowest BCUT2D eigenvalue weighted by molar-refractivity contribution is -0.384. The topological polar surface area (TPSA) is 126 Å². The number of hydrogen-bond donors (Lipinski definition) is 1. The molecule has 0 aliphatic carbocycles. The predicted octanol–water partition coefficient (Wildman–Crippen LogP) is 5.98. The van der Waals surface area contributed by atoms with Gasteiger partial charge in [0.25, 0.3) is 5.69 Å². The first-order valence-corrected chi connectivity index (χ1v) is 14.1. The van der Waals surface area contributed by atoms with Crippen molar-refractivity contribution in [1.82, 2.24) is 5.32 Å². The number of nitro groups is 1. The van der Waals surface area contributed by atoms with E-state index >= 15 is 0 Å². The molecule has 0 spiro atoms. The van der Waals surface area contributed by atoms with Crippen molar-refractivity contribution >= 4 is 19.3 Å². The van der Waals surface area contributed by atoms with E-state index in [1.165, 1.54) is 25.3 Å². The molecular weight excluding hydrogens is 523 g/mol. The number of nitro benzene ring substituents is 1. The van der Waals surface area contributed by atoms with Crippen molar-refractivity contribution in [1.29, 1.82) is 0 Å². The van der Waals surface area contributed by atoms with Gasteiger partial charge in [0.2, 0.25) is 0 Å². The second-order valence-corrected chi connectivity index (χ2v) is 12.4. The minimum atomic E-state index is -3.90. The van der Waals surface area contributed by atoms with Crippen LogP contribution in [-0.2, 0) is 27.9 Å². The summed E-state index contributed by atoms with van der Waals surface area (Å²) in [5.41, 5.74) is 1.82. The van der Waals surface area contributed by atoms with Crippen LogP contribution in [0.5, 0.6) is 0 Å². The summed E-state index contributed by atoms with van der Waals surface area (Å²) in [6, 6.07) is 15.2. The fourth-order valence-electron chi connectivity index (χ4n) is 4.69. The van der Waals surface area contributed by atoms with Gasteiger partial charge in [-0.3, -0.25) is 14.7 Å². The van der Waals surface area contributed by atoms with Gasteiger partial charge in [0, 0.05) is 36.1 Å². The van der Waals surface area contributed by atoms with Gasteiger partial charge in [-0.05, 0) is 25.0 Å². The maximum atomic E-state index is 14.2. The lowest BCUT2D eigenvalue weighted by Crippen LogP contribution is -2.34. The van der Waals surface area contributed by atoms with Crippen molar-refractivity contribution in [3.05, 3.63) is 98.1 Å². The van der Waals surface area contributed by atoms with Crippen molar-refractivity contribution in [3.8, 4) is 0 Å². The Morgan fingerprint density at radius 1 is 1.13 bits per heavy atom. The molecule has 1 fully saturated rings. The number of non-ortho nitro benzene ring substituents is 1. The smallest absolute Gasteiger partial charge is 0.360 e. The maximum Gasteiger partial charge on any atom is 0.360 e. The van der Waals surface area contributed by atoms with E-state index in [1.54, 1.807) is 19.9 Å². The number of allylic oxidation sites excluding steroid dienone is 3. The lowest BCUT2D eigenvalue weighted by Gasteiger charge is -2.39. The molecule has 4 rings (SSSR count). The Morgan fingerprint density at radius 3 is 2.41 bits per heavy atom. The fourth-order valence-corrected chi connectivity index (χ4v) is 7.15. The summed E-state index contributed by atoms with van der Waals surface area (Å²) in [5, 5.41) is 15.0. The number of nitrogens with one attached hydrogen (secondary N) is 1. The lowest BCUT2D eigenvalue weighted by atomic mass is 9.86. The van der Waals surface area contributed by atoms with E-state index in [1.807, 2.05) is 44.2 Å². The van der Waals surface area contributed by atoms with Crippen molar-refractivity contribution in [3.63, 3.8) is 0 Å². The zero-order valence-corrected chi connectivity index (χ0v) is 23.5. The van der Waals surface area contributed by atoms with E-state index in [9.17, 15) is 19.5 Å². The molecule has 0 aromatic heterocycles. The largest absolute Gasteiger partial charge is 0.459 e. The normalized spacial score (nSPS) is 21.2. The summed E-state index contributed by atoms with van der Waals surface area (Å²) in [7, 11) is -2.37. The summed E-state index contributed by atoms with van der Waals surface area (Å²) < 4.78 is 37.2. The molecule has 1 N–H and O–H groups in total. The van der Waals surface area contributed by atoms with Crippen LogP contribution in [0.15, 0.2) is 76.9 Å². The van der Waals surface area contributed by atoms with Gasteiger partial charge >= 0.3 is 13.6 Å². The zero-order chi connectivity index (χ0) is 28.4. The molecule has 2 aliphatic heterocycles. The van der Waals surface area contributed by atoms with E-state index < -0.39 is 30.5 Å². The molecule has 2 aromatic carbocycles. The number of dihydropyridines is 1. The molecule has 0 bridgehead atoms. The summed E-state index contributed by atoms with van der Waals surface area (Å²) >= 11 is 0. The van der Waals surface area contributed by atoms with Crippen LogP contribution >= 0.6 is 7.60 Å². The van der Waals surface area contributed by atoms with Gasteiger partial charge in [-0.2, -0.15) is 0 Å². The average Bonchev–Trinajstić information content (AvgIpc) is 2.91. The fraction of sp³-hybridized carbons (Fsp3) is 0.393. The van der Waals surface area contributed by atoms with Gasteiger partial charge < -0.3 is 23.8 Å². The van der Waals surface area contributed by atoms with Crippen molar-refractivity contribution in [2.75, 3.05) is 26.9 Å². The van der Waals surface area contributed by atoms with Gasteiger partial charge in [0.05, 0.1) is 34.9 Å². The second-order valence-electron chi connectivity index (χ2n) is 10.4. The summed E-state index contributed by atoms with van der Waals surface area (Å²) in [5.74, 6) is -1.65. The molecule has 39 heavy (non-hydrogen) atoms. The van der Waals surface area contributed by atoms with Gasteiger partial charge in [-0.25, -0.2) is 4.79 Å². The highest BCUT2D eigenvalue weighted by molar-refractivity contribution is 7.58. The SMILES string of the molecule is CO[C@H](COC(=O)C1=C(C)NC(C)=C(P2(=O)OCC(C)(C)CO2)[C@@H]1c1cccc([N+](=O)[O-])c1)c1ccccc1. The van der Waals surface area contributed by atoms with E-state index in [0.29, 0.717) is 17.0 Å². The molecule has 208 valence electrons. The number of methoxy groups -OCH3 is 1. The number of ether oxygens (including phenoxy) is 2. The third-order valence-corrected chi connectivity index (χ3v) is 8.85. The minimum absolute atomic E-state index is 0.0747. The molecule has 2 aromatic rings. The highest BCUT2D eigenvalue weighted by Crippen LogP contribution is 2.66. The minimum Gasteiger partial charge on any atom is -0.459 e. The van der Waals surface area contributed by atoms with Crippen LogP contribution < -0.4 is 5.32 Å². The van der Waals surface area contributed by atoms with Gasteiger partial charge in [0.1, 0.15) is 12.7 Å². The second kappa shape index (κ2) is 11.4. The summed E-state index contributed by atoms with van der Waals surface area (Å²) in [4.78, 5) is 24.8. The van der Waals surface area contributed by atoms with E-state index in [0.717, 1.165) is 5.56 Å². The summed E-state index contributed by atoms with van der Waals surface area (Å²) in [6.07, 6.45) is -0.508. The Balaban J connectivity index is 1.75. The van der Waals surface area contributed by atoms with Crippen molar-refractivity contribution in [2.45, 2.75) is 39.7 Å². The molecule has 0 radical (unpaired) electrons. The molecular formula is C28H33N2O8P. The highest BCUT2D eigenvalue weighted by Gasteiger charge is 2.48. The third-order valence-electron chi connectivity index (χ3n) is 6.73. The maximum absolute atomic E-state index is 14.2. The first-order chi connectivity index (χ1) is 18.5. The first kappa shape index (κ1) is 28.7. The Morgan fingerprint density at radius 2 is 1.79 bits per heavy atom. The molecule has 0 saturated carbocycles. The molecule has 0 unspecified atom stereocenters. The van der Waals surface area contributed by atoms with Crippen molar-refractivity contribution < 1.29 is 32.8 Å². The third kappa shape index (κ3) is 6.15. The van der Waals surface area contributed by atoms with Gasteiger partial charge in [-0.15, -0.1) is 0 Å².